The van der Waals surface area contributed by atoms with E-state index in [2.05, 4.69) is 14.3 Å². The minimum atomic E-state index is -0.797. The molecular formula is C12H21N5OS. The highest BCUT2D eigenvalue weighted by atomic mass is 32.1. The zero-order valence-electron chi connectivity index (χ0n) is 11.7. The van der Waals surface area contributed by atoms with Crippen molar-refractivity contribution in [2.24, 2.45) is 5.73 Å². The first kappa shape index (κ1) is 14.2. The zero-order chi connectivity index (χ0) is 14.0. The Morgan fingerprint density at radius 3 is 2.63 bits per heavy atom. The topological polar surface area (TPSA) is 75.4 Å². The number of aromatic nitrogens is 2. The molecule has 7 heteroatoms. The molecule has 2 heterocycles. The van der Waals surface area contributed by atoms with Crippen LogP contribution in [0.3, 0.4) is 0 Å². The lowest BCUT2D eigenvalue weighted by Crippen LogP contribution is -2.52. The molecule has 2 N–H and O–H groups in total. The summed E-state index contributed by atoms with van der Waals surface area (Å²) in [5.74, 6) is 0.822. The molecule has 0 saturated carbocycles. The highest BCUT2D eigenvalue weighted by molar-refractivity contribution is 7.09. The lowest BCUT2D eigenvalue weighted by Gasteiger charge is -2.28. The van der Waals surface area contributed by atoms with Crippen molar-refractivity contribution in [2.45, 2.75) is 32.7 Å². The van der Waals surface area contributed by atoms with Crippen LogP contribution in [0.5, 0.6) is 0 Å². The van der Waals surface area contributed by atoms with E-state index < -0.39 is 5.54 Å². The third-order valence-electron chi connectivity index (χ3n) is 3.12. The first-order chi connectivity index (χ1) is 8.88. The number of carbonyl (C=O) groups is 1. The van der Waals surface area contributed by atoms with Crippen LogP contribution in [-0.4, -0.2) is 51.9 Å². The van der Waals surface area contributed by atoms with Crippen LogP contribution in [0.25, 0.3) is 0 Å². The van der Waals surface area contributed by atoms with Crippen molar-refractivity contribution in [3.63, 3.8) is 0 Å². The fourth-order valence-electron chi connectivity index (χ4n) is 2.13. The molecule has 106 valence electrons. The maximum absolute atomic E-state index is 12.2. The predicted molar refractivity (Wildman–Crippen MR) is 76.3 cm³/mol. The lowest BCUT2D eigenvalue weighted by molar-refractivity contribution is -0.135. The van der Waals surface area contributed by atoms with Crippen LogP contribution >= 0.6 is 11.5 Å². The Hall–Kier alpha value is -1.21. The fraction of sp³-hybridized carbons (Fsp3) is 0.750. The van der Waals surface area contributed by atoms with Gasteiger partial charge in [-0.2, -0.15) is 4.37 Å². The molecule has 1 fully saturated rings. The SMILES string of the molecule is Cc1nsc(N2CCCN(C(=O)C(C)(C)N)CC2)n1. The quantitative estimate of drug-likeness (QED) is 0.861. The van der Waals surface area contributed by atoms with Gasteiger partial charge >= 0.3 is 0 Å². The standard InChI is InChI=1S/C12H21N5OS/c1-9-14-11(19-15-9)17-6-4-5-16(7-8-17)10(18)12(2,3)13/h4-8,13H2,1-3H3. The summed E-state index contributed by atoms with van der Waals surface area (Å²) >= 11 is 1.42. The summed E-state index contributed by atoms with van der Waals surface area (Å²) in [5, 5.41) is 0.943. The van der Waals surface area contributed by atoms with E-state index in [0.717, 1.165) is 37.0 Å². The normalized spacial score (nSPS) is 17.5. The number of rotatable bonds is 2. The highest BCUT2D eigenvalue weighted by Crippen LogP contribution is 2.19. The number of anilines is 1. The third-order valence-corrected chi connectivity index (χ3v) is 3.99. The van der Waals surface area contributed by atoms with Crippen molar-refractivity contribution in [3.05, 3.63) is 5.82 Å². The van der Waals surface area contributed by atoms with Crippen molar-refractivity contribution >= 4 is 22.6 Å². The Balaban J connectivity index is 2.01. The van der Waals surface area contributed by atoms with E-state index >= 15 is 0 Å². The average Bonchev–Trinajstić information content (AvgIpc) is 2.63. The maximum Gasteiger partial charge on any atom is 0.242 e. The molecule has 0 spiro atoms. The molecule has 0 aromatic carbocycles. The van der Waals surface area contributed by atoms with Crippen LogP contribution in [0.2, 0.25) is 0 Å². The van der Waals surface area contributed by atoms with Gasteiger partial charge in [-0.15, -0.1) is 0 Å². The van der Waals surface area contributed by atoms with Crippen molar-refractivity contribution in [1.82, 2.24) is 14.3 Å². The smallest absolute Gasteiger partial charge is 0.242 e. The largest absolute Gasteiger partial charge is 0.345 e. The van der Waals surface area contributed by atoms with Gasteiger partial charge in [0.05, 0.1) is 5.54 Å². The fourth-order valence-corrected chi connectivity index (χ4v) is 2.86. The number of hydrogen-bond donors (Lipinski definition) is 1. The Labute approximate surface area is 117 Å². The van der Waals surface area contributed by atoms with E-state index in [9.17, 15) is 4.79 Å². The number of aryl methyl sites for hydroxylation is 1. The van der Waals surface area contributed by atoms with Crippen molar-refractivity contribution in [3.8, 4) is 0 Å². The molecular weight excluding hydrogens is 262 g/mol. The van der Waals surface area contributed by atoms with E-state index in [1.807, 2.05) is 11.8 Å². The van der Waals surface area contributed by atoms with E-state index in [4.69, 9.17) is 5.73 Å². The Bertz CT molecular complexity index is 453. The van der Waals surface area contributed by atoms with Gasteiger partial charge in [-0.1, -0.05) is 0 Å². The number of nitrogens with zero attached hydrogens (tertiary/aromatic N) is 4. The molecule has 0 atom stereocenters. The third kappa shape index (κ3) is 3.42. The monoisotopic (exact) mass is 283 g/mol. The summed E-state index contributed by atoms with van der Waals surface area (Å²) in [6.07, 6.45) is 0.931. The summed E-state index contributed by atoms with van der Waals surface area (Å²) in [4.78, 5) is 20.6. The summed E-state index contributed by atoms with van der Waals surface area (Å²) in [7, 11) is 0. The molecule has 0 aliphatic carbocycles. The molecule has 0 bridgehead atoms. The molecule has 1 aliphatic heterocycles. The molecule has 6 nitrogen and oxygen atoms in total. The van der Waals surface area contributed by atoms with Crippen molar-refractivity contribution in [1.29, 1.82) is 0 Å². The highest BCUT2D eigenvalue weighted by Gasteiger charge is 2.29. The van der Waals surface area contributed by atoms with Crippen LogP contribution < -0.4 is 10.6 Å². The Kier molecular flexibility index (Phi) is 4.05. The molecule has 1 aromatic heterocycles. The minimum absolute atomic E-state index is 0.0165. The van der Waals surface area contributed by atoms with E-state index in [0.29, 0.717) is 6.54 Å². The second-order valence-corrected chi connectivity index (χ2v) is 6.21. The second-order valence-electron chi connectivity index (χ2n) is 5.48. The van der Waals surface area contributed by atoms with Gasteiger partial charge in [0.25, 0.3) is 0 Å². The molecule has 1 aliphatic rings. The van der Waals surface area contributed by atoms with Gasteiger partial charge in [-0.3, -0.25) is 4.79 Å². The van der Waals surface area contributed by atoms with Crippen molar-refractivity contribution in [2.75, 3.05) is 31.1 Å². The van der Waals surface area contributed by atoms with Crippen LogP contribution in [-0.2, 0) is 4.79 Å². The number of nitrogens with two attached hydrogens (primary N) is 1. The first-order valence-corrected chi connectivity index (χ1v) is 7.29. The molecule has 19 heavy (non-hydrogen) atoms. The number of hydrogen-bond acceptors (Lipinski definition) is 6. The van der Waals surface area contributed by atoms with E-state index in [1.54, 1.807) is 13.8 Å². The van der Waals surface area contributed by atoms with Crippen LogP contribution in [0.4, 0.5) is 5.13 Å². The Morgan fingerprint density at radius 2 is 2.05 bits per heavy atom. The lowest BCUT2D eigenvalue weighted by atomic mass is 10.1. The first-order valence-electron chi connectivity index (χ1n) is 6.51. The van der Waals surface area contributed by atoms with Crippen LogP contribution in [0.15, 0.2) is 0 Å². The van der Waals surface area contributed by atoms with Gasteiger partial charge in [0.15, 0.2) is 0 Å². The van der Waals surface area contributed by atoms with E-state index in [1.165, 1.54) is 11.5 Å². The van der Waals surface area contributed by atoms with Crippen molar-refractivity contribution < 1.29 is 4.79 Å². The zero-order valence-corrected chi connectivity index (χ0v) is 12.5. The molecule has 2 rings (SSSR count). The maximum atomic E-state index is 12.2. The summed E-state index contributed by atoms with van der Waals surface area (Å²) < 4.78 is 4.20. The number of amides is 1. The summed E-state index contributed by atoms with van der Waals surface area (Å²) in [5.41, 5.74) is 5.09. The van der Waals surface area contributed by atoms with Gasteiger partial charge in [-0.25, -0.2) is 4.98 Å². The van der Waals surface area contributed by atoms with Gasteiger partial charge < -0.3 is 15.5 Å². The summed E-state index contributed by atoms with van der Waals surface area (Å²) in [6.45, 7) is 8.55. The summed E-state index contributed by atoms with van der Waals surface area (Å²) in [6, 6.07) is 0. The second kappa shape index (κ2) is 5.42. The van der Waals surface area contributed by atoms with Gasteiger partial charge in [0.1, 0.15) is 5.82 Å². The molecule has 1 saturated heterocycles. The predicted octanol–water partition coefficient (Wildman–Crippen LogP) is 0.623. The molecule has 0 unspecified atom stereocenters. The van der Waals surface area contributed by atoms with Gasteiger partial charge in [-0.05, 0) is 27.2 Å². The minimum Gasteiger partial charge on any atom is -0.345 e. The van der Waals surface area contributed by atoms with E-state index in [-0.39, 0.29) is 5.91 Å². The van der Waals surface area contributed by atoms with Crippen LogP contribution in [0, 0.1) is 6.92 Å². The number of carbonyl (C=O) groups excluding carboxylic acids is 1. The average molecular weight is 283 g/mol. The molecule has 1 amide bonds. The molecule has 0 radical (unpaired) electrons. The van der Waals surface area contributed by atoms with Gasteiger partial charge in [0.2, 0.25) is 11.0 Å². The molecule has 1 aromatic rings. The van der Waals surface area contributed by atoms with Crippen LogP contribution in [0.1, 0.15) is 26.1 Å². The Morgan fingerprint density at radius 1 is 1.32 bits per heavy atom. The van der Waals surface area contributed by atoms with Gasteiger partial charge in [0, 0.05) is 37.7 Å².